The van der Waals surface area contributed by atoms with Crippen molar-refractivity contribution in [2.75, 3.05) is 0 Å². The molecular formula is C14H11N3O2. The second-order valence-corrected chi connectivity index (χ2v) is 3.90. The first-order valence-corrected chi connectivity index (χ1v) is 5.65. The monoisotopic (exact) mass is 253 g/mol. The van der Waals surface area contributed by atoms with Gasteiger partial charge in [0, 0.05) is 4.91 Å². The highest BCUT2D eigenvalue weighted by Crippen LogP contribution is 2.26. The molecule has 0 spiro atoms. The van der Waals surface area contributed by atoms with Gasteiger partial charge in [-0.15, -0.1) is 0 Å². The van der Waals surface area contributed by atoms with E-state index in [4.69, 9.17) is 5.53 Å². The molecule has 0 unspecified atom stereocenters. The fraction of sp³-hybridized carbons (Fsp3) is 0.0714. The zero-order valence-corrected chi connectivity index (χ0v) is 10.0. The molecule has 0 aliphatic rings. The first-order valence-electron chi connectivity index (χ1n) is 5.65. The number of carboxylic acid groups (broad SMARTS) is 1. The number of carbonyl (C=O) groups is 1. The van der Waals surface area contributed by atoms with Crippen molar-refractivity contribution in [3.8, 4) is 11.1 Å². The minimum Gasteiger partial charge on any atom is -0.478 e. The normalized spacial score (nSPS) is 9.68. The molecule has 0 saturated carbocycles. The maximum absolute atomic E-state index is 11.4. The van der Waals surface area contributed by atoms with Crippen molar-refractivity contribution in [2.45, 2.75) is 6.54 Å². The first kappa shape index (κ1) is 12.7. The third kappa shape index (κ3) is 2.73. The third-order valence-electron chi connectivity index (χ3n) is 2.75. The van der Waals surface area contributed by atoms with Crippen LogP contribution in [0.1, 0.15) is 15.9 Å². The van der Waals surface area contributed by atoms with Crippen molar-refractivity contribution in [3.63, 3.8) is 0 Å². The van der Waals surface area contributed by atoms with E-state index in [1.807, 2.05) is 30.3 Å². The average molecular weight is 253 g/mol. The Kier molecular flexibility index (Phi) is 3.81. The second kappa shape index (κ2) is 5.71. The predicted octanol–water partition coefficient (Wildman–Crippen LogP) is 3.86. The van der Waals surface area contributed by atoms with Crippen molar-refractivity contribution in [2.24, 2.45) is 5.11 Å². The summed E-state index contributed by atoms with van der Waals surface area (Å²) in [5.74, 6) is -1.03. The number of hydrogen-bond donors (Lipinski definition) is 1. The van der Waals surface area contributed by atoms with E-state index in [-0.39, 0.29) is 12.1 Å². The van der Waals surface area contributed by atoms with Gasteiger partial charge in [0.05, 0.1) is 12.1 Å². The van der Waals surface area contributed by atoms with E-state index in [1.165, 1.54) is 0 Å². The van der Waals surface area contributed by atoms with Gasteiger partial charge in [-0.1, -0.05) is 53.6 Å². The largest absolute Gasteiger partial charge is 0.478 e. The lowest BCUT2D eigenvalue weighted by Gasteiger charge is -2.10. The molecule has 2 aromatic rings. The molecule has 0 aliphatic carbocycles. The van der Waals surface area contributed by atoms with Crippen LogP contribution in [0, 0.1) is 0 Å². The molecule has 1 N–H and O–H groups in total. The van der Waals surface area contributed by atoms with E-state index >= 15 is 0 Å². The van der Waals surface area contributed by atoms with Crippen LogP contribution in [0.15, 0.2) is 53.6 Å². The van der Waals surface area contributed by atoms with Gasteiger partial charge >= 0.3 is 5.97 Å². The summed E-state index contributed by atoms with van der Waals surface area (Å²) in [4.78, 5) is 14.1. The van der Waals surface area contributed by atoms with Crippen LogP contribution in [0.3, 0.4) is 0 Å². The fourth-order valence-electron chi connectivity index (χ4n) is 1.95. The van der Waals surface area contributed by atoms with E-state index in [2.05, 4.69) is 10.0 Å². The van der Waals surface area contributed by atoms with Gasteiger partial charge in [-0.3, -0.25) is 0 Å². The summed E-state index contributed by atoms with van der Waals surface area (Å²) < 4.78 is 0. The Balaban J connectivity index is 2.61. The Labute approximate surface area is 109 Å². The molecule has 19 heavy (non-hydrogen) atoms. The van der Waals surface area contributed by atoms with Gasteiger partial charge in [0.1, 0.15) is 0 Å². The molecular weight excluding hydrogens is 242 g/mol. The molecule has 0 saturated heterocycles. The lowest BCUT2D eigenvalue weighted by molar-refractivity contribution is 0.0696. The topological polar surface area (TPSA) is 86.1 Å². The molecule has 0 fully saturated rings. The van der Waals surface area contributed by atoms with Crippen LogP contribution in [-0.2, 0) is 6.54 Å². The lowest BCUT2D eigenvalue weighted by Crippen LogP contribution is -2.04. The van der Waals surface area contributed by atoms with Crippen LogP contribution < -0.4 is 0 Å². The average Bonchev–Trinajstić information content (AvgIpc) is 2.45. The molecule has 0 aliphatic heterocycles. The Morgan fingerprint density at radius 3 is 2.53 bits per heavy atom. The van der Waals surface area contributed by atoms with Crippen molar-refractivity contribution < 1.29 is 9.90 Å². The van der Waals surface area contributed by atoms with Crippen LogP contribution >= 0.6 is 0 Å². The van der Waals surface area contributed by atoms with Gasteiger partial charge in [-0.2, -0.15) is 0 Å². The Morgan fingerprint density at radius 1 is 1.16 bits per heavy atom. The number of carboxylic acids is 1. The lowest BCUT2D eigenvalue weighted by atomic mass is 9.95. The summed E-state index contributed by atoms with van der Waals surface area (Å²) >= 11 is 0. The van der Waals surface area contributed by atoms with Crippen LogP contribution in [0.4, 0.5) is 0 Å². The molecule has 5 nitrogen and oxygen atoms in total. The molecule has 2 aromatic carbocycles. The van der Waals surface area contributed by atoms with Gasteiger partial charge in [-0.05, 0) is 22.2 Å². The van der Waals surface area contributed by atoms with Crippen molar-refractivity contribution in [3.05, 3.63) is 70.1 Å². The SMILES string of the molecule is [N-]=[N+]=NCc1cccc(-c2ccccc2)c1C(=O)O. The van der Waals surface area contributed by atoms with E-state index in [0.29, 0.717) is 11.1 Å². The van der Waals surface area contributed by atoms with Gasteiger partial charge in [0.15, 0.2) is 0 Å². The molecule has 94 valence electrons. The summed E-state index contributed by atoms with van der Waals surface area (Å²) in [5.41, 5.74) is 10.5. The van der Waals surface area contributed by atoms with E-state index in [9.17, 15) is 9.90 Å². The van der Waals surface area contributed by atoms with Crippen molar-refractivity contribution in [1.82, 2.24) is 0 Å². The Morgan fingerprint density at radius 2 is 1.89 bits per heavy atom. The number of azide groups is 1. The van der Waals surface area contributed by atoms with E-state index in [1.54, 1.807) is 18.2 Å². The highest BCUT2D eigenvalue weighted by Gasteiger charge is 2.15. The molecule has 0 bridgehead atoms. The standard InChI is InChI=1S/C14H11N3O2/c15-17-16-9-11-7-4-8-12(13(11)14(18)19)10-5-2-1-3-6-10/h1-8H,9H2,(H,18,19). The second-order valence-electron chi connectivity index (χ2n) is 3.90. The molecule has 0 atom stereocenters. The number of benzene rings is 2. The molecule has 0 heterocycles. The van der Waals surface area contributed by atoms with E-state index < -0.39 is 5.97 Å². The fourth-order valence-corrected chi connectivity index (χ4v) is 1.95. The summed E-state index contributed by atoms with van der Waals surface area (Å²) in [7, 11) is 0. The highest BCUT2D eigenvalue weighted by atomic mass is 16.4. The predicted molar refractivity (Wildman–Crippen MR) is 71.7 cm³/mol. The maximum atomic E-state index is 11.4. The third-order valence-corrected chi connectivity index (χ3v) is 2.75. The van der Waals surface area contributed by atoms with Crippen molar-refractivity contribution in [1.29, 1.82) is 0 Å². The Bertz CT molecular complexity index is 647. The maximum Gasteiger partial charge on any atom is 0.336 e. The van der Waals surface area contributed by atoms with Gasteiger partial charge in [0.2, 0.25) is 0 Å². The van der Waals surface area contributed by atoms with Gasteiger partial charge in [-0.25, -0.2) is 4.79 Å². The first-order chi connectivity index (χ1) is 9.24. The minimum atomic E-state index is -1.03. The van der Waals surface area contributed by atoms with E-state index in [0.717, 1.165) is 5.56 Å². The molecule has 0 amide bonds. The summed E-state index contributed by atoms with van der Waals surface area (Å²) in [5, 5.41) is 12.8. The number of hydrogen-bond acceptors (Lipinski definition) is 2. The summed E-state index contributed by atoms with van der Waals surface area (Å²) in [6.07, 6.45) is 0. The smallest absolute Gasteiger partial charge is 0.336 e. The molecule has 0 radical (unpaired) electrons. The van der Waals surface area contributed by atoms with Crippen LogP contribution in [0.25, 0.3) is 21.6 Å². The van der Waals surface area contributed by atoms with Crippen LogP contribution in [0.5, 0.6) is 0 Å². The zero-order valence-electron chi connectivity index (χ0n) is 10.0. The quantitative estimate of drug-likeness (QED) is 0.509. The zero-order chi connectivity index (χ0) is 13.7. The number of nitrogens with zero attached hydrogens (tertiary/aromatic N) is 3. The van der Waals surface area contributed by atoms with Crippen LogP contribution in [-0.4, -0.2) is 11.1 Å². The summed E-state index contributed by atoms with van der Waals surface area (Å²) in [6, 6.07) is 14.4. The van der Waals surface area contributed by atoms with Gasteiger partial charge < -0.3 is 5.11 Å². The van der Waals surface area contributed by atoms with Gasteiger partial charge in [0.25, 0.3) is 0 Å². The molecule has 5 heteroatoms. The molecule has 2 rings (SSSR count). The minimum absolute atomic E-state index is 0.0266. The molecule has 0 aromatic heterocycles. The van der Waals surface area contributed by atoms with Crippen LogP contribution in [0.2, 0.25) is 0 Å². The number of rotatable bonds is 4. The highest BCUT2D eigenvalue weighted by molar-refractivity contribution is 5.97. The Hall–Kier alpha value is -2.78. The van der Waals surface area contributed by atoms with Crippen molar-refractivity contribution >= 4 is 5.97 Å². The summed E-state index contributed by atoms with van der Waals surface area (Å²) in [6.45, 7) is 0.0266. The number of aromatic carboxylic acids is 1.